The van der Waals surface area contributed by atoms with E-state index in [1.807, 2.05) is 107 Å². The number of nitro groups is 2. The van der Waals surface area contributed by atoms with Gasteiger partial charge in [0.2, 0.25) is 12.5 Å². The number of halogens is 14. The van der Waals surface area contributed by atoms with E-state index >= 15 is 0 Å². The van der Waals surface area contributed by atoms with E-state index < -0.39 is 88.3 Å². The fourth-order valence-electron chi connectivity index (χ4n) is 9.78. The summed E-state index contributed by atoms with van der Waals surface area (Å²) < 4.78 is 159. The number of nitrogens with zero attached hydrogens (tertiary/aromatic N) is 5. The van der Waals surface area contributed by atoms with Gasteiger partial charge in [-0.05, 0) is 188 Å². The number of hydrogen-bond donors (Lipinski definition) is 9. The first-order valence-corrected chi connectivity index (χ1v) is 55.3. The number of aliphatic hydroxyl groups is 1. The van der Waals surface area contributed by atoms with E-state index in [0.29, 0.717) is 99.0 Å². The first kappa shape index (κ1) is 180. The molecular weight excluding hydrogens is 2130 g/mol. The molecule has 1 aromatic rings. The summed E-state index contributed by atoms with van der Waals surface area (Å²) >= 11 is 0. The molecule has 4 unspecified atom stereocenters. The number of carbonyl (C=O) groups excluding carboxylic acids is 2. The molecule has 0 spiro atoms. The Morgan fingerprint density at radius 3 is 0.986 bits per heavy atom. The third kappa shape index (κ3) is 200. The molecular formula is C104H212F14N9O16P2Yb-. The molecule has 2 aliphatic heterocycles. The molecule has 0 bridgehead atoms. The second kappa shape index (κ2) is 134. The maximum absolute atomic E-state index is 11.3. The summed E-state index contributed by atoms with van der Waals surface area (Å²) in [5.41, 5.74) is 14.3. The van der Waals surface area contributed by atoms with Gasteiger partial charge in [0.05, 0.1) is 77.1 Å². The van der Waals surface area contributed by atoms with Gasteiger partial charge in [0.25, 0.3) is 5.69 Å². The Morgan fingerprint density at radius 2 is 0.808 bits per heavy atom. The van der Waals surface area contributed by atoms with Gasteiger partial charge in [-0.2, -0.15) is 20.0 Å². The molecule has 0 aromatic heterocycles. The summed E-state index contributed by atoms with van der Waals surface area (Å²) in [5, 5.41) is 61.8. The van der Waals surface area contributed by atoms with E-state index in [9.17, 15) is 91.1 Å². The van der Waals surface area contributed by atoms with Crippen molar-refractivity contribution in [3.63, 3.8) is 0 Å². The minimum Gasteiger partial charge on any atom is -0.479 e. The second-order valence-corrected chi connectivity index (χ2v) is 44.1. The van der Waals surface area contributed by atoms with Gasteiger partial charge in [-0.25, -0.2) is 47.0 Å². The molecule has 2 fully saturated rings. The van der Waals surface area contributed by atoms with Gasteiger partial charge < -0.3 is 41.0 Å². The molecule has 1 aromatic carbocycles. The number of nitrogens with two attached hydrogens (primary N) is 2. The van der Waals surface area contributed by atoms with E-state index in [-0.39, 0.29) is 128 Å². The average molecular weight is 2350 g/mol. The summed E-state index contributed by atoms with van der Waals surface area (Å²) in [5.74, 6) is 1.46. The van der Waals surface area contributed by atoms with E-state index in [4.69, 9.17) is 50.4 Å². The van der Waals surface area contributed by atoms with Gasteiger partial charge in [-0.3, -0.25) is 84.5 Å². The predicted octanol–water partition coefficient (Wildman–Crippen LogP) is 30.4. The minimum atomic E-state index is -2.33. The number of carbonyl (C=O) groups is 6. The quantitative estimate of drug-likeness (QED) is 0.00337. The van der Waals surface area contributed by atoms with Crippen LogP contribution in [0.3, 0.4) is 0 Å². The Morgan fingerprint density at radius 1 is 0.521 bits per heavy atom. The number of alkyl halides is 12. The van der Waals surface area contributed by atoms with Crippen molar-refractivity contribution in [2.75, 3.05) is 132 Å². The fourth-order valence-corrected chi connectivity index (χ4v) is 16.1. The van der Waals surface area contributed by atoms with Crippen LogP contribution in [-0.4, -0.2) is 255 Å². The van der Waals surface area contributed by atoms with Gasteiger partial charge in [0.1, 0.15) is 0 Å². The Bertz CT molecular complexity index is 2910. The van der Waals surface area contributed by atoms with E-state index in [1.54, 1.807) is 26.0 Å². The van der Waals surface area contributed by atoms with Crippen LogP contribution >= 0.6 is 14.4 Å². The molecule has 146 heavy (non-hydrogen) atoms. The van der Waals surface area contributed by atoms with E-state index in [1.165, 1.54) is 144 Å². The van der Waals surface area contributed by atoms with Crippen LogP contribution in [0.4, 0.5) is 76.7 Å². The molecule has 0 radical (unpaired) electrons. The number of allylic oxidation sites excluding steroid dienone is 1. The number of aliphatic carboxylic acids is 3. The van der Waals surface area contributed by atoms with Gasteiger partial charge in [0, 0.05) is 125 Å². The molecule has 4 atom stereocenters. The van der Waals surface area contributed by atoms with Crippen molar-refractivity contribution in [3.8, 4) is 0 Å². The molecule has 2 saturated heterocycles. The first-order chi connectivity index (χ1) is 67.2. The summed E-state index contributed by atoms with van der Waals surface area (Å²) in [6, 6.07) is 5.91. The van der Waals surface area contributed by atoms with Crippen LogP contribution in [0.1, 0.15) is 355 Å². The Labute approximate surface area is 915 Å². The molecule has 3 amide bonds. The standard InChI is InChI=1S/C24H47NO2.C11H27N2P.C10H13NO2.C9H19N2P.6C5H11F.C4H10N2O2.C3H5FO2.C3H6F.C2H4FNO2.2C2H3FO2.C2H5F.CHFO2.CH3F.Yb/c1-5-6-7-8-9-10-11-12-13-14-15-16-17-18-24(27)23(25-22(4)26)20-19-21(2)3;1-6-8-13(9-7-2)14(5,12)10-11(3)4;1-8(2)7-9-3-5-10(6-4-9)11(12)13;1-9(2)8-12(3,10-4-5-10)11-6-7-11;6*1-5(2)3-4-6;1-3(2)8-6-4(5)7;1-2(4)3(5)6;1-3(2)4;3-1-2-4(5)6;2*3-1-2(4)5;1-2-3;2-1(3)4;1-2;/h17-18,21,23-24,27H,5-16,19-20H2,1-4H3,(H,25,26);11H,5-10,12H2,1-4H3;3-6,8H,7H2,1-2H3;9H,3-8H2,1-2H3;6*5H,3-4H2,1-2H3;3H,1-2H3,(H3,5,6,7);2H,1H3,(H,5,6);1-2H3;1-2H2;2*1H2,(H,4,5);2H2,1H3;(H,3,4);1H3;/q;;;;;;;;;;;;-1;;;;;;;. The van der Waals surface area contributed by atoms with Crippen LogP contribution in [0.25, 0.3) is 0 Å². The first-order valence-electron chi connectivity index (χ1n) is 51.0. The van der Waals surface area contributed by atoms with E-state index in [0.717, 1.165) is 63.3 Å². The number of nitro benzene ring substituents is 1. The summed E-state index contributed by atoms with van der Waals surface area (Å²) in [6.07, 6.45) is 35.7. The van der Waals surface area contributed by atoms with Gasteiger partial charge in [-0.15, -0.1) is 4.39 Å². The Hall–Kier alpha value is -4.72. The van der Waals surface area contributed by atoms with E-state index in [2.05, 4.69) is 125 Å². The molecule has 0 aliphatic carbocycles. The summed E-state index contributed by atoms with van der Waals surface area (Å²) in [4.78, 5) is 79.9. The third-order valence-corrected chi connectivity index (χ3v) is 24.2. The summed E-state index contributed by atoms with van der Waals surface area (Å²) in [7, 11) is -2.09. The molecule has 2 heterocycles. The fraction of sp³-hybridized carbons (Fsp3) is 0.837. The van der Waals surface area contributed by atoms with Crippen molar-refractivity contribution in [1.29, 1.82) is 0 Å². The van der Waals surface area contributed by atoms with Crippen molar-refractivity contribution in [1.82, 2.24) is 24.8 Å². The number of hydrogen-bond acceptors (Lipinski definition) is 16. The van der Waals surface area contributed by atoms with Gasteiger partial charge in [0.15, 0.2) is 26.2 Å². The third-order valence-electron chi connectivity index (χ3n) is 17.1. The number of urea groups is 1. The maximum Gasteiger partial charge on any atom is 0.492 e. The molecule has 0 saturated carbocycles. The van der Waals surface area contributed by atoms with Gasteiger partial charge >= 0.3 is 30.2 Å². The van der Waals surface area contributed by atoms with Crippen LogP contribution in [0.5, 0.6) is 0 Å². The molecule has 892 valence electrons. The topological polar surface area (TPSA) is 384 Å². The van der Waals surface area contributed by atoms with Crippen molar-refractivity contribution in [2.24, 2.45) is 70.4 Å². The number of rotatable bonds is 51. The van der Waals surface area contributed by atoms with Crippen LogP contribution in [0.2, 0.25) is 0 Å². The normalized spacial score (nSPS) is 12.1. The number of non-ortho nitro benzene ring substituents is 1. The monoisotopic (exact) mass is 2350 g/mol. The number of amides is 3. The molecule has 2 aliphatic rings. The number of carboxylic acid groups (broad SMARTS) is 4. The summed E-state index contributed by atoms with van der Waals surface area (Å²) in [6.45, 7) is 61.0. The smallest absolute Gasteiger partial charge is 0.479 e. The zero-order valence-corrected chi connectivity index (χ0v) is 99.2. The molecule has 25 nitrogen and oxygen atoms in total. The number of hydroxylamine groups is 1. The Kier molecular flexibility index (Phi) is 166. The SMILES string of the molecule is C=P(CC(C)C)(N1CC1)N1CC1.C=P(N)(CC(C)C)N(CCC)CCC.CC(C)CCF.CC(C)CCF.CC(C)CCF.CC(C)CCF.CC(C)CCF.CC(C)CCF.CC(C)Cc1ccc([N+](=O)[O-])cc1.CC(C)ONC(N)=O.CC(F)C(=O)O.CCCCCCCCCCCCCC=CC(O)C(CCC(C)C)NC(C)=O.CCF.CF.C[C-](C)F.O=C(O)CF.O=C(O)CF.O=C(O)F.O=[N+]([O-])CCF.[Yb]. The predicted molar refractivity (Wildman–Crippen MR) is 585 cm³/mol. The zero-order valence-electron chi connectivity index (χ0n) is 95.7. The van der Waals surface area contributed by atoms with Crippen LogP contribution < -0.4 is 22.0 Å². The average Bonchev–Trinajstić information content (AvgIpc) is 1.61. The number of nitrogens with one attached hydrogen (secondary N) is 2. The number of aliphatic hydroxyl groups excluding tert-OH is 1. The molecule has 42 heteroatoms. The molecule has 3 rings (SSSR count). The van der Waals surface area contributed by atoms with Crippen molar-refractivity contribution >= 4 is 68.7 Å². The number of unbranched alkanes of at least 4 members (excludes halogenated alkanes) is 11. The second-order valence-electron chi connectivity index (χ2n) is 37.9. The van der Waals surface area contributed by atoms with Crippen molar-refractivity contribution < 1.29 is 177 Å². The minimum absolute atomic E-state index is 0. The van der Waals surface area contributed by atoms with Crippen LogP contribution in [0.15, 0.2) is 36.4 Å². The van der Waals surface area contributed by atoms with Crippen LogP contribution in [-0.2, 0) is 30.4 Å². The molecule has 11 N–H and O–H groups in total. The number of benzene rings is 1. The van der Waals surface area contributed by atoms with Crippen molar-refractivity contribution in [3.05, 3.63) is 68.4 Å². The van der Waals surface area contributed by atoms with Gasteiger partial charge in [-0.1, -0.05) is 260 Å². The van der Waals surface area contributed by atoms with Crippen molar-refractivity contribution in [2.45, 2.75) is 380 Å². The number of primary amides is 1. The van der Waals surface area contributed by atoms with Crippen LogP contribution in [0, 0.1) is 133 Å². The largest absolute Gasteiger partial charge is 0.492 e. The number of carboxylic acids is 3. The Balaban J connectivity index is -0.0000000833. The zero-order chi connectivity index (χ0) is 117. The maximum atomic E-state index is 11.3.